The molecule has 3 rings (SSSR count). The minimum atomic E-state index is 1.06. The fourth-order valence-corrected chi connectivity index (χ4v) is 1.92. The third-order valence-corrected chi connectivity index (χ3v) is 3.01. The van der Waals surface area contributed by atoms with Crippen molar-refractivity contribution in [1.29, 1.82) is 0 Å². The van der Waals surface area contributed by atoms with Gasteiger partial charge in [0.25, 0.3) is 0 Å². The van der Waals surface area contributed by atoms with Crippen molar-refractivity contribution >= 4 is 10.9 Å². The first-order chi connectivity index (χ1) is 9.90. The van der Waals surface area contributed by atoms with Gasteiger partial charge in [0.2, 0.25) is 0 Å². The molecule has 0 saturated carbocycles. The van der Waals surface area contributed by atoms with Gasteiger partial charge >= 0.3 is 0 Å². The lowest BCUT2D eigenvalue weighted by molar-refractivity contribution is 0.705. The van der Waals surface area contributed by atoms with E-state index in [1.807, 2.05) is 30.5 Å². The summed E-state index contributed by atoms with van der Waals surface area (Å²) in [5, 5.41) is 11.5. The van der Waals surface area contributed by atoms with Crippen LogP contribution in [0, 0.1) is 0 Å². The summed E-state index contributed by atoms with van der Waals surface area (Å²) in [7, 11) is 0. The second-order valence-corrected chi connectivity index (χ2v) is 4.61. The summed E-state index contributed by atoms with van der Waals surface area (Å²) in [4.78, 5) is 4.18. The number of benzene rings is 1. The number of aromatic nitrogens is 4. The van der Waals surface area contributed by atoms with E-state index in [9.17, 15) is 0 Å². The zero-order chi connectivity index (χ0) is 14.0. The maximum absolute atomic E-state index is 4.18. The molecule has 1 N–H and O–H groups in total. The number of nitrogens with zero attached hydrogens (tertiary/aromatic N) is 3. The molecule has 0 unspecified atom stereocenters. The second kappa shape index (κ2) is 8.04. The molecule has 0 bridgehead atoms. The number of para-hydroxylation sites is 1. The van der Waals surface area contributed by atoms with Gasteiger partial charge in [0.1, 0.15) is 0 Å². The van der Waals surface area contributed by atoms with Crippen LogP contribution in [-0.2, 0) is 6.42 Å². The lowest BCUT2D eigenvalue weighted by Gasteiger charge is -1.91. The molecule has 3 aromatic rings. The number of hydrogen-bond acceptors (Lipinski definition) is 3. The summed E-state index contributed by atoms with van der Waals surface area (Å²) in [5.41, 5.74) is 2.14. The third-order valence-electron chi connectivity index (χ3n) is 3.01. The number of pyridine rings is 1. The molecular weight excluding hydrogens is 248 g/mol. The molecule has 0 aliphatic rings. The van der Waals surface area contributed by atoms with Crippen LogP contribution in [0.15, 0.2) is 48.8 Å². The minimum Gasteiger partial charge on any atom is -0.256 e. The van der Waals surface area contributed by atoms with Crippen LogP contribution in [0.5, 0.6) is 0 Å². The zero-order valence-electron chi connectivity index (χ0n) is 11.8. The standard InChI is InChI=1S/C9H7N.C7H13N3/c1-2-6-9-8(4-1)5-3-7-10-9;1-2-3-4-5-7-6-8-10-9-7/h1-7H;6H,2-5H2,1H3,(H,8,9,10). The SMILES string of the molecule is CCCCCc1cn[nH]n1.c1ccc2ncccc2c1. The van der Waals surface area contributed by atoms with Gasteiger partial charge in [-0.15, -0.1) is 0 Å². The predicted octanol–water partition coefficient (Wildman–Crippen LogP) is 3.77. The molecule has 4 nitrogen and oxygen atoms in total. The van der Waals surface area contributed by atoms with Crippen molar-refractivity contribution in [1.82, 2.24) is 20.4 Å². The largest absolute Gasteiger partial charge is 0.256 e. The van der Waals surface area contributed by atoms with Crippen molar-refractivity contribution in [3.8, 4) is 0 Å². The first-order valence-corrected chi connectivity index (χ1v) is 7.04. The van der Waals surface area contributed by atoms with Crippen molar-refractivity contribution in [2.24, 2.45) is 0 Å². The Balaban J connectivity index is 0.000000147. The Kier molecular flexibility index (Phi) is 5.71. The zero-order valence-corrected chi connectivity index (χ0v) is 11.8. The molecule has 0 saturated heterocycles. The van der Waals surface area contributed by atoms with Crippen LogP contribution in [0.25, 0.3) is 10.9 Å². The number of fused-ring (bicyclic) bond motifs is 1. The van der Waals surface area contributed by atoms with Gasteiger partial charge in [0.05, 0.1) is 17.4 Å². The first kappa shape index (κ1) is 14.2. The molecular formula is C16H20N4. The smallest absolute Gasteiger partial charge is 0.0824 e. The number of hydrogen-bond donors (Lipinski definition) is 1. The number of aryl methyl sites for hydroxylation is 1. The van der Waals surface area contributed by atoms with E-state index in [0.29, 0.717) is 0 Å². The fourth-order valence-electron chi connectivity index (χ4n) is 1.92. The van der Waals surface area contributed by atoms with Gasteiger partial charge in [0.15, 0.2) is 0 Å². The lowest BCUT2D eigenvalue weighted by atomic mass is 10.2. The minimum absolute atomic E-state index is 1.06. The van der Waals surface area contributed by atoms with Gasteiger partial charge in [-0.25, -0.2) is 0 Å². The van der Waals surface area contributed by atoms with Crippen LogP contribution >= 0.6 is 0 Å². The van der Waals surface area contributed by atoms with Gasteiger partial charge in [-0.2, -0.15) is 15.4 Å². The Morgan fingerprint density at radius 2 is 1.90 bits per heavy atom. The van der Waals surface area contributed by atoms with E-state index in [-0.39, 0.29) is 0 Å². The highest BCUT2D eigenvalue weighted by molar-refractivity contribution is 5.77. The van der Waals surface area contributed by atoms with Crippen molar-refractivity contribution in [3.05, 3.63) is 54.5 Å². The van der Waals surface area contributed by atoms with Crippen molar-refractivity contribution in [2.75, 3.05) is 0 Å². The maximum atomic E-state index is 4.18. The highest BCUT2D eigenvalue weighted by atomic mass is 15.3. The highest BCUT2D eigenvalue weighted by Gasteiger charge is 1.93. The summed E-state index contributed by atoms with van der Waals surface area (Å²) >= 11 is 0. The Morgan fingerprint density at radius 3 is 2.65 bits per heavy atom. The Labute approximate surface area is 119 Å². The molecule has 0 radical (unpaired) electrons. The number of H-pyrrole nitrogens is 1. The van der Waals surface area contributed by atoms with Gasteiger partial charge < -0.3 is 0 Å². The van der Waals surface area contributed by atoms with Gasteiger partial charge in [-0.1, -0.05) is 44.0 Å². The molecule has 4 heteroatoms. The summed E-state index contributed by atoms with van der Waals surface area (Å²) in [6.45, 7) is 2.20. The van der Waals surface area contributed by atoms with Crippen molar-refractivity contribution in [2.45, 2.75) is 32.6 Å². The van der Waals surface area contributed by atoms with E-state index in [1.165, 1.54) is 24.6 Å². The predicted molar refractivity (Wildman–Crippen MR) is 81.4 cm³/mol. The molecule has 1 aromatic carbocycles. The van der Waals surface area contributed by atoms with E-state index in [2.05, 4.69) is 39.5 Å². The van der Waals surface area contributed by atoms with Crippen LogP contribution in [0.1, 0.15) is 31.9 Å². The average molecular weight is 268 g/mol. The molecule has 0 atom stereocenters. The number of rotatable bonds is 4. The van der Waals surface area contributed by atoms with Crippen LogP contribution in [0.2, 0.25) is 0 Å². The quantitative estimate of drug-likeness (QED) is 0.733. The van der Waals surface area contributed by atoms with E-state index < -0.39 is 0 Å². The van der Waals surface area contributed by atoms with E-state index in [1.54, 1.807) is 6.20 Å². The summed E-state index contributed by atoms with van der Waals surface area (Å²) in [5.74, 6) is 0. The summed E-state index contributed by atoms with van der Waals surface area (Å²) in [6.07, 6.45) is 8.43. The molecule has 0 aliphatic heterocycles. The first-order valence-electron chi connectivity index (χ1n) is 7.04. The monoisotopic (exact) mass is 268 g/mol. The Morgan fingerprint density at radius 1 is 1.05 bits per heavy atom. The second-order valence-electron chi connectivity index (χ2n) is 4.61. The van der Waals surface area contributed by atoms with E-state index >= 15 is 0 Å². The van der Waals surface area contributed by atoms with Crippen molar-refractivity contribution < 1.29 is 0 Å². The topological polar surface area (TPSA) is 54.5 Å². The van der Waals surface area contributed by atoms with E-state index in [0.717, 1.165) is 17.6 Å². The average Bonchev–Trinajstić information content (AvgIpc) is 3.02. The summed E-state index contributed by atoms with van der Waals surface area (Å²) in [6, 6.07) is 12.1. The van der Waals surface area contributed by atoms with Crippen LogP contribution in [0.4, 0.5) is 0 Å². The molecule has 0 amide bonds. The highest BCUT2D eigenvalue weighted by Crippen LogP contribution is 2.07. The van der Waals surface area contributed by atoms with E-state index in [4.69, 9.17) is 0 Å². The molecule has 20 heavy (non-hydrogen) atoms. The molecule has 0 spiro atoms. The van der Waals surface area contributed by atoms with Crippen molar-refractivity contribution in [3.63, 3.8) is 0 Å². The molecule has 0 fully saturated rings. The number of aromatic amines is 1. The van der Waals surface area contributed by atoms with Gasteiger partial charge in [-0.05, 0) is 25.0 Å². The third kappa shape index (κ3) is 4.46. The molecule has 104 valence electrons. The van der Waals surface area contributed by atoms with Gasteiger partial charge in [-0.3, -0.25) is 4.98 Å². The summed E-state index contributed by atoms with van der Waals surface area (Å²) < 4.78 is 0. The fraction of sp³-hybridized carbons (Fsp3) is 0.312. The molecule has 2 heterocycles. The molecule has 2 aromatic heterocycles. The van der Waals surface area contributed by atoms with Crippen LogP contribution < -0.4 is 0 Å². The number of unbranched alkanes of at least 4 members (excludes halogenated alkanes) is 2. The van der Waals surface area contributed by atoms with Gasteiger partial charge in [0, 0.05) is 11.6 Å². The Hall–Kier alpha value is -2.23. The Bertz CT molecular complexity index is 539. The normalized spacial score (nSPS) is 10.1. The lowest BCUT2D eigenvalue weighted by Crippen LogP contribution is -1.84. The maximum Gasteiger partial charge on any atom is 0.0824 e. The van der Waals surface area contributed by atoms with Crippen LogP contribution in [0.3, 0.4) is 0 Å². The number of nitrogens with one attached hydrogen (secondary N) is 1. The molecule has 0 aliphatic carbocycles. The van der Waals surface area contributed by atoms with Crippen LogP contribution in [-0.4, -0.2) is 20.4 Å².